The summed E-state index contributed by atoms with van der Waals surface area (Å²) in [4.78, 5) is 0. The van der Waals surface area contributed by atoms with E-state index in [2.05, 4.69) is 67.7 Å². The van der Waals surface area contributed by atoms with Crippen LogP contribution in [-0.2, 0) is 6.42 Å². The third-order valence-corrected chi connectivity index (χ3v) is 4.72. The van der Waals surface area contributed by atoms with Crippen LogP contribution in [0.2, 0.25) is 0 Å². The Morgan fingerprint density at radius 2 is 1.54 bits per heavy atom. The largest absolute Gasteiger partial charge is 0.497 e. The standard InChI is InChI=1S/C24H29NO2.ClH/c1-24(2,18-19-9-12-22(26-3)13-10-19)25-15-6-16-27-23-14-11-20-7-4-5-8-21(20)17-23;/h4-5,7-14,17,25H,6,15-16,18H2,1-3H3;1H. The molecule has 0 fully saturated rings. The van der Waals surface area contributed by atoms with Gasteiger partial charge in [-0.3, -0.25) is 0 Å². The number of halogens is 1. The first-order valence-corrected chi connectivity index (χ1v) is 9.55. The molecule has 1 N–H and O–H groups in total. The Hall–Kier alpha value is -2.23. The molecule has 0 atom stereocenters. The molecule has 28 heavy (non-hydrogen) atoms. The third-order valence-electron chi connectivity index (χ3n) is 4.72. The fraction of sp³-hybridized carbons (Fsp3) is 0.333. The molecule has 0 bridgehead atoms. The van der Waals surface area contributed by atoms with Crippen molar-refractivity contribution in [1.82, 2.24) is 5.32 Å². The summed E-state index contributed by atoms with van der Waals surface area (Å²) in [5, 5.41) is 6.10. The number of benzene rings is 3. The molecule has 0 heterocycles. The number of rotatable bonds is 9. The highest BCUT2D eigenvalue weighted by Crippen LogP contribution is 2.21. The summed E-state index contributed by atoms with van der Waals surface area (Å²) < 4.78 is 11.1. The molecule has 3 aromatic carbocycles. The highest BCUT2D eigenvalue weighted by molar-refractivity contribution is 5.85. The Morgan fingerprint density at radius 3 is 2.25 bits per heavy atom. The Morgan fingerprint density at radius 1 is 0.857 bits per heavy atom. The first-order valence-electron chi connectivity index (χ1n) is 9.55. The number of fused-ring (bicyclic) bond motifs is 1. The average Bonchev–Trinajstić information content (AvgIpc) is 2.68. The fourth-order valence-corrected chi connectivity index (χ4v) is 3.26. The van der Waals surface area contributed by atoms with Gasteiger partial charge in [-0.2, -0.15) is 0 Å². The van der Waals surface area contributed by atoms with Crippen LogP contribution in [0.5, 0.6) is 11.5 Å². The van der Waals surface area contributed by atoms with Gasteiger partial charge in [0.15, 0.2) is 0 Å². The molecule has 0 saturated carbocycles. The maximum atomic E-state index is 5.92. The predicted octanol–water partition coefficient (Wildman–Crippen LogP) is 5.65. The van der Waals surface area contributed by atoms with Crippen molar-refractivity contribution in [3.63, 3.8) is 0 Å². The molecule has 3 rings (SSSR count). The van der Waals surface area contributed by atoms with Crippen molar-refractivity contribution in [1.29, 1.82) is 0 Å². The summed E-state index contributed by atoms with van der Waals surface area (Å²) in [5.41, 5.74) is 1.35. The van der Waals surface area contributed by atoms with Crippen LogP contribution < -0.4 is 14.8 Å². The van der Waals surface area contributed by atoms with Crippen molar-refractivity contribution in [3.05, 3.63) is 72.3 Å². The Balaban J connectivity index is 0.00000280. The molecule has 0 aliphatic heterocycles. The molecular weight excluding hydrogens is 370 g/mol. The molecule has 3 aromatic rings. The van der Waals surface area contributed by atoms with Crippen LogP contribution in [0.4, 0.5) is 0 Å². The molecular formula is C24H30ClNO2. The topological polar surface area (TPSA) is 30.5 Å². The molecule has 0 aromatic heterocycles. The Bertz CT molecular complexity index is 862. The zero-order valence-electron chi connectivity index (χ0n) is 16.9. The highest BCUT2D eigenvalue weighted by atomic mass is 35.5. The van der Waals surface area contributed by atoms with Gasteiger partial charge in [-0.05, 0) is 73.8 Å². The van der Waals surface area contributed by atoms with Crippen LogP contribution in [0, 0.1) is 0 Å². The maximum absolute atomic E-state index is 5.92. The summed E-state index contributed by atoms with van der Waals surface area (Å²) in [6.07, 6.45) is 1.95. The molecule has 0 unspecified atom stereocenters. The molecule has 3 nitrogen and oxygen atoms in total. The van der Waals surface area contributed by atoms with Gasteiger partial charge in [0.05, 0.1) is 13.7 Å². The van der Waals surface area contributed by atoms with Gasteiger partial charge in [-0.1, -0.05) is 42.5 Å². The minimum atomic E-state index is 0. The Kier molecular flexibility index (Phi) is 8.16. The first kappa shape index (κ1) is 22.1. The zero-order valence-corrected chi connectivity index (χ0v) is 17.7. The van der Waals surface area contributed by atoms with E-state index in [9.17, 15) is 0 Å². The van der Waals surface area contributed by atoms with Crippen molar-refractivity contribution in [2.45, 2.75) is 32.2 Å². The second-order valence-corrected chi connectivity index (χ2v) is 7.55. The van der Waals surface area contributed by atoms with E-state index in [1.807, 2.05) is 18.2 Å². The quantitative estimate of drug-likeness (QED) is 0.471. The summed E-state index contributed by atoms with van der Waals surface area (Å²) >= 11 is 0. The predicted molar refractivity (Wildman–Crippen MR) is 120 cm³/mol. The van der Waals surface area contributed by atoms with Crippen molar-refractivity contribution in [3.8, 4) is 11.5 Å². The van der Waals surface area contributed by atoms with E-state index in [1.54, 1.807) is 7.11 Å². The lowest BCUT2D eigenvalue weighted by atomic mass is 9.95. The van der Waals surface area contributed by atoms with Crippen LogP contribution >= 0.6 is 12.4 Å². The average molecular weight is 400 g/mol. The van der Waals surface area contributed by atoms with Crippen molar-refractivity contribution in [2.75, 3.05) is 20.3 Å². The fourth-order valence-electron chi connectivity index (χ4n) is 3.26. The molecule has 4 heteroatoms. The maximum Gasteiger partial charge on any atom is 0.119 e. The number of hydrogen-bond acceptors (Lipinski definition) is 3. The summed E-state index contributed by atoms with van der Waals surface area (Å²) in [7, 11) is 1.69. The molecule has 0 aliphatic carbocycles. The van der Waals surface area contributed by atoms with Gasteiger partial charge < -0.3 is 14.8 Å². The molecule has 0 spiro atoms. The van der Waals surface area contributed by atoms with Crippen molar-refractivity contribution >= 4 is 23.2 Å². The zero-order chi connectivity index (χ0) is 19.1. The van der Waals surface area contributed by atoms with E-state index < -0.39 is 0 Å². The lowest BCUT2D eigenvalue weighted by molar-refractivity contribution is 0.294. The molecule has 150 valence electrons. The minimum absolute atomic E-state index is 0. The van der Waals surface area contributed by atoms with Crippen LogP contribution in [0.1, 0.15) is 25.8 Å². The number of hydrogen-bond donors (Lipinski definition) is 1. The summed E-state index contributed by atoms with van der Waals surface area (Å²) in [5.74, 6) is 1.83. The summed E-state index contributed by atoms with van der Waals surface area (Å²) in [6, 6.07) is 22.9. The molecule has 0 radical (unpaired) electrons. The first-order chi connectivity index (χ1) is 13.1. The monoisotopic (exact) mass is 399 g/mol. The normalized spacial score (nSPS) is 11.1. The van der Waals surface area contributed by atoms with E-state index in [-0.39, 0.29) is 17.9 Å². The number of ether oxygens (including phenoxy) is 2. The van der Waals surface area contributed by atoms with Crippen LogP contribution in [-0.4, -0.2) is 25.8 Å². The van der Waals surface area contributed by atoms with Crippen molar-refractivity contribution in [2.24, 2.45) is 0 Å². The SMILES string of the molecule is COc1ccc(CC(C)(C)NCCCOc2ccc3ccccc3c2)cc1.Cl. The lowest BCUT2D eigenvalue weighted by Gasteiger charge is -2.26. The van der Waals surface area contributed by atoms with Crippen molar-refractivity contribution < 1.29 is 9.47 Å². The highest BCUT2D eigenvalue weighted by Gasteiger charge is 2.17. The van der Waals surface area contributed by atoms with Gasteiger partial charge in [0.25, 0.3) is 0 Å². The summed E-state index contributed by atoms with van der Waals surface area (Å²) in [6.45, 7) is 6.11. The van der Waals surface area contributed by atoms with E-state index in [4.69, 9.17) is 9.47 Å². The molecule has 0 saturated heterocycles. The van der Waals surface area contributed by atoms with E-state index in [0.717, 1.165) is 30.9 Å². The van der Waals surface area contributed by atoms with E-state index >= 15 is 0 Å². The van der Waals surface area contributed by atoms with Gasteiger partial charge >= 0.3 is 0 Å². The third kappa shape index (κ3) is 6.43. The smallest absolute Gasteiger partial charge is 0.119 e. The van der Waals surface area contributed by atoms with Crippen LogP contribution in [0.25, 0.3) is 10.8 Å². The van der Waals surface area contributed by atoms with E-state index in [1.165, 1.54) is 16.3 Å². The minimum Gasteiger partial charge on any atom is -0.497 e. The molecule has 0 amide bonds. The van der Waals surface area contributed by atoms with Gasteiger partial charge in [0.1, 0.15) is 11.5 Å². The number of nitrogens with one attached hydrogen (secondary N) is 1. The molecule has 0 aliphatic rings. The Labute approximate surface area is 174 Å². The number of methoxy groups -OCH3 is 1. The lowest BCUT2D eigenvalue weighted by Crippen LogP contribution is -2.42. The van der Waals surface area contributed by atoms with Gasteiger partial charge in [-0.15, -0.1) is 12.4 Å². The van der Waals surface area contributed by atoms with Gasteiger partial charge in [0.2, 0.25) is 0 Å². The van der Waals surface area contributed by atoms with E-state index in [0.29, 0.717) is 6.61 Å². The van der Waals surface area contributed by atoms with Gasteiger partial charge in [0, 0.05) is 5.54 Å². The second kappa shape index (κ2) is 10.4. The van der Waals surface area contributed by atoms with Crippen LogP contribution in [0.3, 0.4) is 0 Å². The van der Waals surface area contributed by atoms with Gasteiger partial charge in [-0.25, -0.2) is 0 Å². The van der Waals surface area contributed by atoms with Crippen LogP contribution in [0.15, 0.2) is 66.7 Å². The second-order valence-electron chi connectivity index (χ2n) is 7.55.